The van der Waals surface area contributed by atoms with E-state index in [9.17, 15) is 18.0 Å². The van der Waals surface area contributed by atoms with Gasteiger partial charge in [-0.25, -0.2) is 0 Å². The van der Waals surface area contributed by atoms with Gasteiger partial charge in [-0.2, -0.15) is 17.7 Å². The van der Waals surface area contributed by atoms with Crippen LogP contribution < -0.4 is 5.56 Å². The van der Waals surface area contributed by atoms with Crippen LogP contribution in [0.1, 0.15) is 16.8 Å². The van der Waals surface area contributed by atoms with Crippen molar-refractivity contribution in [3.63, 3.8) is 0 Å². The van der Waals surface area contributed by atoms with Crippen LogP contribution in [0.5, 0.6) is 0 Å². The molecule has 2 heterocycles. The van der Waals surface area contributed by atoms with Crippen molar-refractivity contribution in [2.75, 3.05) is 0 Å². The Kier molecular flexibility index (Phi) is 4.11. The molecule has 3 aromatic rings. The fourth-order valence-corrected chi connectivity index (χ4v) is 3.63. The van der Waals surface area contributed by atoms with Crippen LogP contribution in [-0.4, -0.2) is 19.8 Å². The summed E-state index contributed by atoms with van der Waals surface area (Å²) in [5.74, 6) is 0.310. The highest BCUT2D eigenvalue weighted by molar-refractivity contribution is 8.00. The lowest BCUT2D eigenvalue weighted by Crippen LogP contribution is -2.19. The van der Waals surface area contributed by atoms with Crippen molar-refractivity contribution < 1.29 is 13.2 Å². The topological polar surface area (TPSA) is 60.1 Å². The van der Waals surface area contributed by atoms with Crippen LogP contribution in [0.3, 0.4) is 0 Å². The lowest BCUT2D eigenvalue weighted by Gasteiger charge is -2.07. The summed E-state index contributed by atoms with van der Waals surface area (Å²) in [6.07, 6.45) is -4.36. The molecular weight excluding hydrogens is 349 g/mol. The van der Waals surface area contributed by atoms with Crippen LogP contribution in [0, 0.1) is 6.92 Å². The number of benzene rings is 1. The quantitative estimate of drug-likeness (QED) is 0.673. The van der Waals surface area contributed by atoms with Gasteiger partial charge >= 0.3 is 6.18 Å². The SMILES string of the molecule is Cc1nnc2sc(SCc3cccc(C(F)(F)F)c3)nn2c1=O. The number of halogens is 3. The van der Waals surface area contributed by atoms with Crippen LogP contribution in [-0.2, 0) is 11.9 Å². The van der Waals surface area contributed by atoms with Gasteiger partial charge in [0.2, 0.25) is 4.96 Å². The maximum atomic E-state index is 12.7. The highest BCUT2D eigenvalue weighted by Crippen LogP contribution is 2.31. The molecule has 23 heavy (non-hydrogen) atoms. The van der Waals surface area contributed by atoms with Crippen LogP contribution >= 0.6 is 23.1 Å². The molecule has 0 bridgehead atoms. The summed E-state index contributed by atoms with van der Waals surface area (Å²) in [5, 5.41) is 11.7. The molecule has 5 nitrogen and oxygen atoms in total. The zero-order valence-electron chi connectivity index (χ0n) is 11.7. The molecule has 0 fully saturated rings. The molecule has 0 saturated carbocycles. The minimum Gasteiger partial charge on any atom is -0.265 e. The number of hydrogen-bond donors (Lipinski definition) is 0. The molecule has 2 aromatic heterocycles. The number of fused-ring (bicyclic) bond motifs is 1. The van der Waals surface area contributed by atoms with Crippen LogP contribution in [0.25, 0.3) is 4.96 Å². The molecule has 1 aromatic carbocycles. The first-order chi connectivity index (χ1) is 10.8. The van der Waals surface area contributed by atoms with E-state index >= 15 is 0 Å². The molecule has 0 spiro atoms. The van der Waals surface area contributed by atoms with Crippen molar-refractivity contribution in [1.29, 1.82) is 0 Å². The van der Waals surface area contributed by atoms with Crippen molar-refractivity contribution in [3.05, 3.63) is 51.4 Å². The molecular formula is C13H9F3N4OS2. The Morgan fingerprint density at radius 1 is 1.30 bits per heavy atom. The van der Waals surface area contributed by atoms with Gasteiger partial charge in [0.05, 0.1) is 5.56 Å². The van der Waals surface area contributed by atoms with Crippen molar-refractivity contribution >= 4 is 28.1 Å². The normalized spacial score (nSPS) is 12.0. The van der Waals surface area contributed by atoms with E-state index in [0.717, 1.165) is 16.6 Å². The molecule has 10 heteroatoms. The highest BCUT2D eigenvalue weighted by Gasteiger charge is 2.30. The number of nitrogens with zero attached hydrogens (tertiary/aromatic N) is 4. The summed E-state index contributed by atoms with van der Waals surface area (Å²) in [6, 6.07) is 5.13. The molecule has 0 saturated heterocycles. The van der Waals surface area contributed by atoms with Crippen molar-refractivity contribution in [1.82, 2.24) is 19.8 Å². The number of aryl methyl sites for hydroxylation is 1. The second-order valence-corrected chi connectivity index (χ2v) is 6.82. The van der Waals surface area contributed by atoms with Crippen LogP contribution in [0.15, 0.2) is 33.4 Å². The van der Waals surface area contributed by atoms with Crippen molar-refractivity contribution in [2.24, 2.45) is 0 Å². The zero-order valence-corrected chi connectivity index (χ0v) is 13.3. The van der Waals surface area contributed by atoms with Crippen molar-refractivity contribution in [3.8, 4) is 0 Å². The molecule has 0 unspecified atom stereocenters. The Labute approximate surface area is 136 Å². The second-order valence-electron chi connectivity index (χ2n) is 4.64. The van der Waals surface area contributed by atoms with Gasteiger partial charge in [0.1, 0.15) is 5.69 Å². The first-order valence-corrected chi connectivity index (χ1v) is 8.17. The third kappa shape index (κ3) is 3.37. The lowest BCUT2D eigenvalue weighted by atomic mass is 10.1. The van der Waals surface area contributed by atoms with Gasteiger partial charge in [-0.15, -0.1) is 15.3 Å². The van der Waals surface area contributed by atoms with Gasteiger partial charge in [-0.05, 0) is 18.6 Å². The molecule has 0 N–H and O–H groups in total. The maximum Gasteiger partial charge on any atom is 0.416 e. The molecule has 3 rings (SSSR count). The third-order valence-electron chi connectivity index (χ3n) is 2.95. The number of thioether (sulfide) groups is 1. The summed E-state index contributed by atoms with van der Waals surface area (Å²) in [4.78, 5) is 12.2. The predicted octanol–water partition coefficient (Wildman–Crippen LogP) is 3.17. The average molecular weight is 358 g/mol. The first kappa shape index (κ1) is 15.9. The maximum absolute atomic E-state index is 12.7. The van der Waals surface area contributed by atoms with E-state index in [0.29, 0.717) is 20.6 Å². The largest absolute Gasteiger partial charge is 0.416 e. The van der Waals surface area contributed by atoms with E-state index in [1.165, 1.54) is 36.1 Å². The van der Waals surface area contributed by atoms with E-state index in [1.54, 1.807) is 6.07 Å². The summed E-state index contributed by atoms with van der Waals surface area (Å²) in [5.41, 5.74) is -0.268. The fraction of sp³-hybridized carbons (Fsp3) is 0.231. The number of aromatic nitrogens is 4. The Morgan fingerprint density at radius 3 is 2.83 bits per heavy atom. The molecule has 0 radical (unpaired) electrons. The fourth-order valence-electron chi connectivity index (χ4n) is 1.82. The summed E-state index contributed by atoms with van der Waals surface area (Å²) in [6.45, 7) is 1.54. The summed E-state index contributed by atoms with van der Waals surface area (Å²) in [7, 11) is 0. The molecule has 0 amide bonds. The Balaban J connectivity index is 1.81. The molecule has 0 atom stereocenters. The van der Waals surface area contributed by atoms with E-state index in [-0.39, 0.29) is 11.3 Å². The lowest BCUT2D eigenvalue weighted by molar-refractivity contribution is -0.137. The van der Waals surface area contributed by atoms with Crippen LogP contribution in [0.2, 0.25) is 0 Å². The van der Waals surface area contributed by atoms with Gasteiger partial charge < -0.3 is 0 Å². The molecule has 0 aliphatic heterocycles. The van der Waals surface area contributed by atoms with Gasteiger partial charge in [0.25, 0.3) is 5.56 Å². The van der Waals surface area contributed by atoms with E-state index < -0.39 is 11.7 Å². The Bertz CT molecular complexity index is 919. The van der Waals surface area contributed by atoms with Gasteiger partial charge in [-0.1, -0.05) is 41.3 Å². The van der Waals surface area contributed by atoms with E-state index in [1.807, 2.05) is 0 Å². The monoisotopic (exact) mass is 358 g/mol. The Hall–Kier alpha value is -1.94. The molecule has 0 aliphatic carbocycles. The minimum atomic E-state index is -4.36. The molecule has 120 valence electrons. The summed E-state index contributed by atoms with van der Waals surface area (Å²) < 4.78 is 39.7. The zero-order chi connectivity index (χ0) is 16.6. The average Bonchev–Trinajstić information content (AvgIpc) is 2.92. The van der Waals surface area contributed by atoms with Gasteiger partial charge in [0, 0.05) is 5.75 Å². The predicted molar refractivity (Wildman–Crippen MR) is 80.7 cm³/mol. The summed E-state index contributed by atoms with van der Waals surface area (Å²) >= 11 is 2.41. The number of rotatable bonds is 3. The molecule has 0 aliphatic rings. The Morgan fingerprint density at radius 2 is 2.09 bits per heavy atom. The van der Waals surface area contributed by atoms with E-state index in [4.69, 9.17) is 0 Å². The van der Waals surface area contributed by atoms with Crippen LogP contribution in [0.4, 0.5) is 13.2 Å². The second kappa shape index (κ2) is 5.93. The van der Waals surface area contributed by atoms with Gasteiger partial charge in [0.15, 0.2) is 4.34 Å². The standard InChI is InChI=1S/C13H9F3N4OS2/c1-7-10(21)20-11(18-17-7)23-12(19-20)22-6-8-3-2-4-9(5-8)13(14,15)16/h2-5H,6H2,1H3. The third-order valence-corrected chi connectivity index (χ3v) is 5.05. The number of alkyl halides is 3. The van der Waals surface area contributed by atoms with E-state index in [2.05, 4.69) is 15.3 Å². The van der Waals surface area contributed by atoms with Crippen molar-refractivity contribution in [2.45, 2.75) is 23.2 Å². The van der Waals surface area contributed by atoms with Gasteiger partial charge in [-0.3, -0.25) is 4.79 Å². The highest BCUT2D eigenvalue weighted by atomic mass is 32.2. The first-order valence-electron chi connectivity index (χ1n) is 6.37. The smallest absolute Gasteiger partial charge is 0.265 e. The minimum absolute atomic E-state index is 0.238. The number of hydrogen-bond acceptors (Lipinski definition) is 6.